The molecule has 1 rings (SSSR count). The second kappa shape index (κ2) is 15.5. The van der Waals surface area contributed by atoms with E-state index in [-0.39, 0.29) is 12.8 Å². The molecule has 3 amide bonds. The molecule has 9 N–H and O–H groups in total. The van der Waals surface area contributed by atoms with Gasteiger partial charge < -0.3 is 37.6 Å². The highest BCUT2D eigenvalue weighted by Crippen LogP contribution is 2.09. The van der Waals surface area contributed by atoms with E-state index in [1.54, 1.807) is 44.2 Å². The fraction of sp³-hybridized carbons (Fsp3) is 0.542. The molecule has 0 radical (unpaired) electrons. The number of aliphatic carboxylic acids is 2. The molecule has 0 aliphatic carbocycles. The van der Waals surface area contributed by atoms with Crippen LogP contribution in [0.4, 0.5) is 0 Å². The molecule has 36 heavy (non-hydrogen) atoms. The van der Waals surface area contributed by atoms with Crippen molar-refractivity contribution in [2.75, 3.05) is 6.54 Å². The van der Waals surface area contributed by atoms with Crippen LogP contribution in [0, 0.1) is 5.92 Å². The van der Waals surface area contributed by atoms with Gasteiger partial charge in [0.1, 0.15) is 18.1 Å². The lowest BCUT2D eigenvalue weighted by Gasteiger charge is -2.26. The standard InChI is InChI=1S/C24H37N5O7/c1-14(2)20(24(35)36)29-22(33)17(10-6-7-11-25)27-23(34)18(12-15-8-4-3-5-9-15)28-21(32)16(26)13-19(30)31/h3-5,8-9,14,16-18,20H,6-7,10-13,25-26H2,1-2H3,(H,27,34)(H,28,32)(H,29,33)(H,30,31)(H,35,36). The van der Waals surface area contributed by atoms with Crippen LogP contribution in [0.3, 0.4) is 0 Å². The number of hydrogen-bond donors (Lipinski definition) is 7. The number of carboxylic acids is 2. The summed E-state index contributed by atoms with van der Waals surface area (Å²) in [4.78, 5) is 61.1. The molecule has 0 fully saturated rings. The Bertz CT molecular complexity index is 894. The van der Waals surface area contributed by atoms with Crippen LogP contribution < -0.4 is 27.4 Å². The van der Waals surface area contributed by atoms with Gasteiger partial charge >= 0.3 is 11.9 Å². The lowest BCUT2D eigenvalue weighted by molar-refractivity contribution is -0.143. The number of amides is 3. The van der Waals surface area contributed by atoms with Gasteiger partial charge in [-0.15, -0.1) is 0 Å². The van der Waals surface area contributed by atoms with E-state index in [1.165, 1.54) is 0 Å². The minimum atomic E-state index is -1.38. The molecular weight excluding hydrogens is 470 g/mol. The Morgan fingerprint density at radius 2 is 1.44 bits per heavy atom. The molecule has 0 saturated heterocycles. The minimum absolute atomic E-state index is 0.0547. The van der Waals surface area contributed by atoms with Crippen LogP contribution >= 0.6 is 0 Å². The van der Waals surface area contributed by atoms with E-state index in [0.717, 1.165) is 0 Å². The zero-order valence-electron chi connectivity index (χ0n) is 20.6. The summed E-state index contributed by atoms with van der Waals surface area (Å²) in [7, 11) is 0. The van der Waals surface area contributed by atoms with Gasteiger partial charge in [-0.3, -0.25) is 19.2 Å². The first-order valence-electron chi connectivity index (χ1n) is 11.8. The van der Waals surface area contributed by atoms with Crippen molar-refractivity contribution >= 4 is 29.7 Å². The zero-order valence-corrected chi connectivity index (χ0v) is 20.6. The van der Waals surface area contributed by atoms with Crippen LogP contribution in [-0.2, 0) is 30.4 Å². The van der Waals surface area contributed by atoms with Gasteiger partial charge in [0.25, 0.3) is 0 Å². The van der Waals surface area contributed by atoms with E-state index in [4.69, 9.17) is 16.6 Å². The summed E-state index contributed by atoms with van der Waals surface area (Å²) in [6.45, 7) is 3.67. The highest BCUT2D eigenvalue weighted by Gasteiger charge is 2.31. The number of benzene rings is 1. The molecule has 0 saturated carbocycles. The highest BCUT2D eigenvalue weighted by atomic mass is 16.4. The van der Waals surface area contributed by atoms with Gasteiger partial charge in [0, 0.05) is 6.42 Å². The lowest BCUT2D eigenvalue weighted by atomic mass is 10.0. The topological polar surface area (TPSA) is 214 Å². The van der Waals surface area contributed by atoms with Gasteiger partial charge in [-0.1, -0.05) is 44.2 Å². The average Bonchev–Trinajstić information content (AvgIpc) is 2.81. The van der Waals surface area contributed by atoms with E-state index < -0.39 is 66.2 Å². The third kappa shape index (κ3) is 10.8. The number of rotatable bonds is 16. The van der Waals surface area contributed by atoms with Crippen LogP contribution in [0.15, 0.2) is 30.3 Å². The van der Waals surface area contributed by atoms with Crippen LogP contribution in [0.1, 0.15) is 45.1 Å². The molecule has 200 valence electrons. The normalized spacial score (nSPS) is 14.2. The van der Waals surface area contributed by atoms with Crippen LogP contribution in [0.25, 0.3) is 0 Å². The van der Waals surface area contributed by atoms with Gasteiger partial charge in [0.2, 0.25) is 17.7 Å². The van der Waals surface area contributed by atoms with E-state index in [0.29, 0.717) is 24.9 Å². The Balaban J connectivity index is 3.11. The molecule has 0 aliphatic heterocycles. The van der Waals surface area contributed by atoms with E-state index in [9.17, 15) is 29.1 Å². The maximum atomic E-state index is 13.2. The molecule has 1 aromatic rings. The SMILES string of the molecule is CC(C)C(NC(=O)C(CCCCN)NC(=O)C(Cc1ccccc1)NC(=O)C(N)CC(=O)O)C(=O)O. The Labute approximate surface area is 210 Å². The van der Waals surface area contributed by atoms with Gasteiger partial charge in [-0.05, 0) is 37.3 Å². The summed E-state index contributed by atoms with van der Waals surface area (Å²) in [5.74, 6) is -5.06. The van der Waals surface area contributed by atoms with Gasteiger partial charge in [0.15, 0.2) is 0 Å². The summed E-state index contributed by atoms with van der Waals surface area (Å²) in [5, 5.41) is 25.9. The first-order chi connectivity index (χ1) is 17.0. The van der Waals surface area contributed by atoms with Crippen molar-refractivity contribution in [3.63, 3.8) is 0 Å². The molecule has 0 aliphatic rings. The summed E-state index contributed by atoms with van der Waals surface area (Å²) in [6, 6.07) is 4.01. The average molecular weight is 508 g/mol. The lowest BCUT2D eigenvalue weighted by Crippen LogP contribution is -2.58. The monoisotopic (exact) mass is 507 g/mol. The molecule has 12 nitrogen and oxygen atoms in total. The molecule has 0 spiro atoms. The maximum absolute atomic E-state index is 13.2. The maximum Gasteiger partial charge on any atom is 0.326 e. The van der Waals surface area contributed by atoms with Crippen LogP contribution in [0.5, 0.6) is 0 Å². The largest absolute Gasteiger partial charge is 0.481 e. The number of carbonyl (C=O) groups excluding carboxylic acids is 3. The predicted octanol–water partition coefficient (Wildman–Crippen LogP) is -0.645. The van der Waals surface area contributed by atoms with Gasteiger partial charge in [-0.2, -0.15) is 0 Å². The zero-order chi connectivity index (χ0) is 27.3. The molecular formula is C24H37N5O7. The summed E-state index contributed by atoms with van der Waals surface area (Å²) < 4.78 is 0. The van der Waals surface area contributed by atoms with Crippen molar-refractivity contribution < 1.29 is 34.2 Å². The van der Waals surface area contributed by atoms with Crippen molar-refractivity contribution in [3.8, 4) is 0 Å². The van der Waals surface area contributed by atoms with E-state index in [2.05, 4.69) is 16.0 Å². The highest BCUT2D eigenvalue weighted by molar-refractivity contribution is 5.94. The second-order valence-corrected chi connectivity index (χ2v) is 8.87. The van der Waals surface area contributed by atoms with Crippen molar-refractivity contribution in [1.29, 1.82) is 0 Å². The summed E-state index contributed by atoms with van der Waals surface area (Å²) >= 11 is 0. The molecule has 0 bridgehead atoms. The third-order valence-corrected chi connectivity index (χ3v) is 5.46. The molecule has 1 aromatic carbocycles. The fourth-order valence-corrected chi connectivity index (χ4v) is 3.42. The number of carbonyl (C=O) groups is 5. The Morgan fingerprint density at radius 3 is 1.97 bits per heavy atom. The van der Waals surface area contributed by atoms with E-state index >= 15 is 0 Å². The van der Waals surface area contributed by atoms with Crippen molar-refractivity contribution in [2.24, 2.45) is 17.4 Å². The number of nitrogens with one attached hydrogen (secondary N) is 3. The molecule has 12 heteroatoms. The first kappa shape index (κ1) is 30.5. The Kier molecular flexibility index (Phi) is 13.1. The van der Waals surface area contributed by atoms with Crippen molar-refractivity contribution in [3.05, 3.63) is 35.9 Å². The third-order valence-electron chi connectivity index (χ3n) is 5.46. The smallest absolute Gasteiger partial charge is 0.326 e. The summed E-state index contributed by atoms with van der Waals surface area (Å²) in [5.41, 5.74) is 11.9. The number of carboxylic acid groups (broad SMARTS) is 2. The van der Waals surface area contributed by atoms with Gasteiger partial charge in [0.05, 0.1) is 12.5 Å². The molecule has 0 heterocycles. The fourth-order valence-electron chi connectivity index (χ4n) is 3.42. The van der Waals surface area contributed by atoms with Crippen molar-refractivity contribution in [1.82, 2.24) is 16.0 Å². The number of nitrogens with two attached hydrogens (primary N) is 2. The second-order valence-electron chi connectivity index (χ2n) is 8.87. The molecule has 4 unspecified atom stereocenters. The Morgan fingerprint density at radius 1 is 0.861 bits per heavy atom. The predicted molar refractivity (Wildman–Crippen MR) is 132 cm³/mol. The quantitative estimate of drug-likeness (QED) is 0.141. The number of unbranched alkanes of at least 4 members (excludes halogenated alkanes) is 1. The summed E-state index contributed by atoms with van der Waals surface area (Å²) in [6.07, 6.45) is 0.706. The minimum Gasteiger partial charge on any atom is -0.481 e. The molecule has 0 aromatic heterocycles. The van der Waals surface area contributed by atoms with Crippen molar-refractivity contribution in [2.45, 2.75) is 70.1 Å². The Hall–Kier alpha value is -3.51. The van der Waals surface area contributed by atoms with Gasteiger partial charge in [-0.25, -0.2) is 4.79 Å². The van der Waals surface area contributed by atoms with Crippen LogP contribution in [0.2, 0.25) is 0 Å². The van der Waals surface area contributed by atoms with Crippen LogP contribution in [-0.4, -0.2) is 70.6 Å². The molecule has 4 atom stereocenters. The number of hydrogen-bond acceptors (Lipinski definition) is 7. The first-order valence-corrected chi connectivity index (χ1v) is 11.8. The van der Waals surface area contributed by atoms with E-state index in [1.807, 2.05) is 0 Å².